The normalized spacial score (nSPS) is 14.0. The summed E-state index contributed by atoms with van der Waals surface area (Å²) in [7, 11) is 1.26. The van der Waals surface area contributed by atoms with Crippen LogP contribution in [0.25, 0.3) is 11.3 Å². The van der Waals surface area contributed by atoms with Gasteiger partial charge in [-0.05, 0) is 24.3 Å². The van der Waals surface area contributed by atoms with Gasteiger partial charge in [0, 0.05) is 11.6 Å². The van der Waals surface area contributed by atoms with E-state index in [0.29, 0.717) is 0 Å². The highest BCUT2D eigenvalue weighted by atomic mass is 19.4. The first-order chi connectivity index (χ1) is 11.8. The Morgan fingerprint density at radius 3 is 2.40 bits per heavy atom. The topological polar surface area (TPSA) is 65.5 Å². The highest BCUT2D eigenvalue weighted by Crippen LogP contribution is 2.34. The van der Waals surface area contributed by atoms with E-state index in [1.54, 1.807) is 0 Å². The number of rotatable bonds is 3. The van der Waals surface area contributed by atoms with Gasteiger partial charge in [-0.25, -0.2) is 4.98 Å². The van der Waals surface area contributed by atoms with Gasteiger partial charge in [0.2, 0.25) is 11.6 Å². The van der Waals surface area contributed by atoms with E-state index in [9.17, 15) is 22.8 Å². The zero-order valence-electron chi connectivity index (χ0n) is 12.8. The summed E-state index contributed by atoms with van der Waals surface area (Å²) in [5.41, 5.74) is 0.00541. The molecule has 0 unspecified atom stereocenters. The van der Waals surface area contributed by atoms with Gasteiger partial charge in [0.15, 0.2) is 5.76 Å². The number of halogens is 3. The van der Waals surface area contributed by atoms with Gasteiger partial charge < -0.3 is 9.47 Å². The average molecular weight is 349 g/mol. The number of ether oxygens (including phenoxy) is 2. The summed E-state index contributed by atoms with van der Waals surface area (Å²) in [6.07, 6.45) is -3.87. The summed E-state index contributed by atoms with van der Waals surface area (Å²) in [5, 5.41) is 0. The van der Waals surface area contributed by atoms with Gasteiger partial charge in [-0.2, -0.15) is 0 Å². The molecule has 0 N–H and O–H groups in total. The first-order valence-electron chi connectivity index (χ1n) is 7.01. The van der Waals surface area contributed by atoms with Crippen LogP contribution in [-0.2, 0) is 4.74 Å². The van der Waals surface area contributed by atoms with Gasteiger partial charge in [-0.15, -0.1) is 13.2 Å². The SMILES string of the molecule is COC1=CC(=O)c2nc(-c3ccccc3OC(F)(F)F)ccc2C1=O. The third-order valence-electron chi connectivity index (χ3n) is 3.47. The summed E-state index contributed by atoms with van der Waals surface area (Å²) in [4.78, 5) is 28.3. The molecule has 0 aliphatic heterocycles. The summed E-state index contributed by atoms with van der Waals surface area (Å²) in [6.45, 7) is 0. The van der Waals surface area contributed by atoms with E-state index in [4.69, 9.17) is 4.74 Å². The van der Waals surface area contributed by atoms with Crippen molar-refractivity contribution in [1.29, 1.82) is 0 Å². The summed E-state index contributed by atoms with van der Waals surface area (Å²) in [6, 6.07) is 8.08. The minimum absolute atomic E-state index is 0.0299. The van der Waals surface area contributed by atoms with Crippen molar-refractivity contribution in [2.75, 3.05) is 7.11 Å². The number of benzene rings is 1. The number of allylic oxidation sites excluding steroid dienone is 2. The molecule has 0 fully saturated rings. The quantitative estimate of drug-likeness (QED) is 0.848. The van der Waals surface area contributed by atoms with Crippen molar-refractivity contribution in [2.24, 2.45) is 0 Å². The van der Waals surface area contributed by atoms with Crippen molar-refractivity contribution < 1.29 is 32.2 Å². The molecular weight excluding hydrogens is 339 g/mol. The Bertz CT molecular complexity index is 903. The molecule has 0 saturated carbocycles. The first-order valence-corrected chi connectivity index (χ1v) is 7.01. The number of hydrogen-bond donors (Lipinski definition) is 0. The highest BCUT2D eigenvalue weighted by molar-refractivity contribution is 6.23. The van der Waals surface area contributed by atoms with Crippen LogP contribution in [0.5, 0.6) is 5.75 Å². The van der Waals surface area contributed by atoms with Crippen LogP contribution < -0.4 is 4.74 Å². The van der Waals surface area contributed by atoms with Crippen molar-refractivity contribution in [3.63, 3.8) is 0 Å². The second-order valence-electron chi connectivity index (χ2n) is 5.04. The molecule has 1 heterocycles. The number of carbonyl (C=O) groups is 2. The lowest BCUT2D eigenvalue weighted by Crippen LogP contribution is -2.20. The number of nitrogens with zero attached hydrogens (tertiary/aromatic N) is 1. The minimum atomic E-state index is -4.87. The molecule has 0 bridgehead atoms. The average Bonchev–Trinajstić information content (AvgIpc) is 2.57. The van der Waals surface area contributed by atoms with Crippen LogP contribution in [0.1, 0.15) is 20.8 Å². The van der Waals surface area contributed by atoms with E-state index in [2.05, 4.69) is 9.72 Å². The Labute approximate surface area is 139 Å². The number of carbonyl (C=O) groups excluding carboxylic acids is 2. The number of methoxy groups -OCH3 is 1. The predicted molar refractivity (Wildman–Crippen MR) is 80.1 cm³/mol. The second-order valence-corrected chi connectivity index (χ2v) is 5.04. The van der Waals surface area contributed by atoms with Crippen LogP contribution in [0.3, 0.4) is 0 Å². The fourth-order valence-corrected chi connectivity index (χ4v) is 2.41. The van der Waals surface area contributed by atoms with Gasteiger partial charge in [-0.1, -0.05) is 12.1 Å². The molecule has 128 valence electrons. The van der Waals surface area contributed by atoms with E-state index in [1.807, 2.05) is 0 Å². The molecule has 0 amide bonds. The van der Waals surface area contributed by atoms with E-state index < -0.39 is 23.7 Å². The molecule has 3 rings (SSSR count). The largest absolute Gasteiger partial charge is 0.573 e. The minimum Gasteiger partial charge on any atom is -0.492 e. The molecular formula is C17H10F3NO4. The van der Waals surface area contributed by atoms with Gasteiger partial charge in [0.05, 0.1) is 18.4 Å². The van der Waals surface area contributed by atoms with Crippen LogP contribution in [0.15, 0.2) is 48.2 Å². The van der Waals surface area contributed by atoms with Crippen molar-refractivity contribution >= 4 is 11.6 Å². The van der Waals surface area contributed by atoms with Crippen molar-refractivity contribution in [3.8, 4) is 17.0 Å². The number of pyridine rings is 1. The van der Waals surface area contributed by atoms with Crippen LogP contribution in [0.4, 0.5) is 13.2 Å². The standard InChI is InChI=1S/C17H10F3NO4/c1-24-14-8-12(22)15-10(16(14)23)6-7-11(21-15)9-4-2-3-5-13(9)25-17(18,19)20/h2-8H,1H3. The molecule has 1 aliphatic carbocycles. The molecule has 1 aromatic heterocycles. The third kappa shape index (κ3) is 3.23. The van der Waals surface area contributed by atoms with Crippen molar-refractivity contribution in [1.82, 2.24) is 4.98 Å². The molecule has 1 aromatic carbocycles. The summed E-state index contributed by atoms with van der Waals surface area (Å²) in [5.74, 6) is -1.66. The number of aromatic nitrogens is 1. The number of ketones is 2. The number of hydrogen-bond acceptors (Lipinski definition) is 5. The summed E-state index contributed by atoms with van der Waals surface area (Å²) < 4.78 is 46.5. The van der Waals surface area contributed by atoms with E-state index >= 15 is 0 Å². The van der Waals surface area contributed by atoms with Crippen LogP contribution >= 0.6 is 0 Å². The summed E-state index contributed by atoms with van der Waals surface area (Å²) >= 11 is 0. The van der Waals surface area contributed by atoms with Gasteiger partial charge in [0.25, 0.3) is 0 Å². The maximum absolute atomic E-state index is 12.5. The molecule has 0 saturated heterocycles. The molecule has 0 radical (unpaired) electrons. The zero-order chi connectivity index (χ0) is 18.2. The molecule has 2 aromatic rings. The maximum atomic E-state index is 12.5. The number of para-hydroxylation sites is 1. The first kappa shape index (κ1) is 16.7. The van der Waals surface area contributed by atoms with Gasteiger partial charge in [-0.3, -0.25) is 9.59 Å². The van der Waals surface area contributed by atoms with Crippen molar-refractivity contribution in [2.45, 2.75) is 6.36 Å². The fraction of sp³-hybridized carbons (Fsp3) is 0.118. The lowest BCUT2D eigenvalue weighted by molar-refractivity contribution is -0.274. The van der Waals surface area contributed by atoms with Crippen LogP contribution in [0, 0.1) is 0 Å². The number of alkyl halides is 3. The zero-order valence-corrected chi connectivity index (χ0v) is 12.8. The van der Waals surface area contributed by atoms with E-state index in [1.165, 1.54) is 37.4 Å². The van der Waals surface area contributed by atoms with Crippen LogP contribution in [0.2, 0.25) is 0 Å². The fourth-order valence-electron chi connectivity index (χ4n) is 2.41. The Balaban J connectivity index is 2.08. The molecule has 8 heteroatoms. The monoisotopic (exact) mass is 349 g/mol. The molecule has 1 aliphatic rings. The Morgan fingerprint density at radius 2 is 1.72 bits per heavy atom. The van der Waals surface area contributed by atoms with Gasteiger partial charge >= 0.3 is 6.36 Å². The Kier molecular flexibility index (Phi) is 4.03. The van der Waals surface area contributed by atoms with Gasteiger partial charge in [0.1, 0.15) is 11.4 Å². The lowest BCUT2D eigenvalue weighted by atomic mass is 9.97. The number of Topliss-reactive ketones (excluding diaryl/α,β-unsaturated/α-hetero) is 1. The van der Waals surface area contributed by atoms with E-state index in [-0.39, 0.29) is 28.3 Å². The number of fused-ring (bicyclic) bond motifs is 1. The second kappa shape index (κ2) is 6.04. The van der Waals surface area contributed by atoms with Crippen molar-refractivity contribution in [3.05, 3.63) is 59.5 Å². The molecule has 0 spiro atoms. The molecule has 0 atom stereocenters. The maximum Gasteiger partial charge on any atom is 0.573 e. The third-order valence-corrected chi connectivity index (χ3v) is 3.47. The predicted octanol–water partition coefficient (Wildman–Crippen LogP) is 3.56. The molecule has 25 heavy (non-hydrogen) atoms. The Hall–Kier alpha value is -3.16. The lowest BCUT2D eigenvalue weighted by Gasteiger charge is -2.16. The Morgan fingerprint density at radius 1 is 1.00 bits per heavy atom. The van der Waals surface area contributed by atoms with Crippen LogP contribution in [-0.4, -0.2) is 30.0 Å². The molecule has 5 nitrogen and oxygen atoms in total. The highest BCUT2D eigenvalue weighted by Gasteiger charge is 2.33. The van der Waals surface area contributed by atoms with E-state index in [0.717, 1.165) is 12.1 Å². The smallest absolute Gasteiger partial charge is 0.492 e.